The molecule has 2 rings (SSSR count). The fraction of sp³-hybridized carbons (Fsp3) is 0.500. The number of carbonyl (C=O) groups is 2. The molecule has 0 saturated heterocycles. The van der Waals surface area contributed by atoms with E-state index in [2.05, 4.69) is 5.32 Å². The summed E-state index contributed by atoms with van der Waals surface area (Å²) in [6.07, 6.45) is 3.56. The van der Waals surface area contributed by atoms with Gasteiger partial charge in [0.05, 0.1) is 11.8 Å². The van der Waals surface area contributed by atoms with Crippen LogP contribution in [-0.2, 0) is 16.0 Å². The van der Waals surface area contributed by atoms with Crippen LogP contribution in [0.15, 0.2) is 24.3 Å². The van der Waals surface area contributed by atoms with Gasteiger partial charge in [0, 0.05) is 12.3 Å². The van der Waals surface area contributed by atoms with E-state index in [1.165, 1.54) is 0 Å². The molecule has 1 aromatic rings. The highest BCUT2D eigenvalue weighted by molar-refractivity contribution is 5.95. The van der Waals surface area contributed by atoms with Crippen LogP contribution in [0, 0.1) is 11.8 Å². The van der Waals surface area contributed by atoms with Crippen molar-refractivity contribution in [2.24, 2.45) is 11.8 Å². The zero-order chi connectivity index (χ0) is 15.2. The van der Waals surface area contributed by atoms with Gasteiger partial charge in [-0.1, -0.05) is 25.0 Å². The highest BCUT2D eigenvalue weighted by Crippen LogP contribution is 2.31. The maximum Gasteiger partial charge on any atom is 0.307 e. The van der Waals surface area contributed by atoms with Crippen LogP contribution in [0.2, 0.25) is 0 Å². The Balaban J connectivity index is 2.00. The Kier molecular flexibility index (Phi) is 5.33. The summed E-state index contributed by atoms with van der Waals surface area (Å²) in [5.74, 6) is -2.12. The van der Waals surface area contributed by atoms with E-state index >= 15 is 0 Å². The van der Waals surface area contributed by atoms with Crippen molar-refractivity contribution in [2.45, 2.75) is 32.1 Å². The number of rotatable bonds is 5. The number of benzene rings is 1. The van der Waals surface area contributed by atoms with Crippen molar-refractivity contribution >= 4 is 17.6 Å². The number of carbonyl (C=O) groups excluding carboxylic acids is 1. The molecule has 1 aromatic carbocycles. The fourth-order valence-corrected chi connectivity index (χ4v) is 2.86. The molecule has 1 fully saturated rings. The zero-order valence-electron chi connectivity index (χ0n) is 11.9. The molecule has 1 aliphatic rings. The van der Waals surface area contributed by atoms with Gasteiger partial charge in [-0.3, -0.25) is 9.59 Å². The number of aliphatic hydroxyl groups is 1. The van der Waals surface area contributed by atoms with Crippen LogP contribution in [0.5, 0.6) is 0 Å². The lowest BCUT2D eigenvalue weighted by Gasteiger charge is -2.27. The second kappa shape index (κ2) is 7.22. The fourth-order valence-electron chi connectivity index (χ4n) is 2.86. The van der Waals surface area contributed by atoms with Gasteiger partial charge in [-0.05, 0) is 37.0 Å². The van der Waals surface area contributed by atoms with Gasteiger partial charge in [0.2, 0.25) is 5.91 Å². The van der Waals surface area contributed by atoms with E-state index in [0.717, 1.165) is 18.4 Å². The molecule has 0 spiro atoms. The van der Waals surface area contributed by atoms with Crippen molar-refractivity contribution in [3.05, 3.63) is 29.8 Å². The first kappa shape index (κ1) is 15.5. The summed E-state index contributed by atoms with van der Waals surface area (Å²) in [6.45, 7) is 0.0913. The third-order valence-corrected chi connectivity index (χ3v) is 4.04. The van der Waals surface area contributed by atoms with Crippen molar-refractivity contribution in [3.8, 4) is 0 Å². The maximum absolute atomic E-state index is 12.3. The van der Waals surface area contributed by atoms with Crippen LogP contribution < -0.4 is 5.32 Å². The minimum Gasteiger partial charge on any atom is -0.481 e. The Labute approximate surface area is 124 Å². The zero-order valence-corrected chi connectivity index (χ0v) is 11.9. The summed E-state index contributed by atoms with van der Waals surface area (Å²) in [7, 11) is 0. The quantitative estimate of drug-likeness (QED) is 0.775. The van der Waals surface area contributed by atoms with Gasteiger partial charge < -0.3 is 15.5 Å². The highest BCUT2D eigenvalue weighted by Gasteiger charge is 2.35. The van der Waals surface area contributed by atoms with Crippen LogP contribution >= 0.6 is 0 Å². The lowest BCUT2D eigenvalue weighted by Crippen LogP contribution is -2.36. The molecule has 1 saturated carbocycles. The first-order valence-electron chi connectivity index (χ1n) is 7.35. The number of carboxylic acid groups (broad SMARTS) is 1. The van der Waals surface area contributed by atoms with Crippen molar-refractivity contribution in [1.29, 1.82) is 0 Å². The lowest BCUT2D eigenvalue weighted by atomic mass is 9.78. The Morgan fingerprint density at radius 3 is 2.29 bits per heavy atom. The molecule has 0 aromatic heterocycles. The summed E-state index contributed by atoms with van der Waals surface area (Å²) in [5, 5.41) is 20.9. The third-order valence-electron chi connectivity index (χ3n) is 4.04. The smallest absolute Gasteiger partial charge is 0.307 e. The van der Waals surface area contributed by atoms with E-state index < -0.39 is 17.8 Å². The van der Waals surface area contributed by atoms with Crippen molar-refractivity contribution in [1.82, 2.24) is 0 Å². The second-order valence-electron chi connectivity index (χ2n) is 5.50. The van der Waals surface area contributed by atoms with E-state index in [0.29, 0.717) is 24.9 Å². The summed E-state index contributed by atoms with van der Waals surface area (Å²) in [5.41, 5.74) is 1.66. The number of hydrogen-bond acceptors (Lipinski definition) is 3. The molecule has 0 bridgehead atoms. The molecule has 1 amide bonds. The number of aliphatic carboxylic acids is 1. The van der Waals surface area contributed by atoms with Crippen LogP contribution in [0.1, 0.15) is 31.2 Å². The average Bonchev–Trinajstić information content (AvgIpc) is 2.49. The molecule has 114 valence electrons. The summed E-state index contributed by atoms with van der Waals surface area (Å²) < 4.78 is 0. The van der Waals surface area contributed by atoms with Gasteiger partial charge in [0.15, 0.2) is 0 Å². The molecular formula is C16H21NO4. The second-order valence-corrected chi connectivity index (χ2v) is 5.50. The van der Waals surface area contributed by atoms with Crippen LogP contribution in [0.3, 0.4) is 0 Å². The summed E-state index contributed by atoms with van der Waals surface area (Å²) in [6, 6.07) is 7.26. The Morgan fingerprint density at radius 1 is 1.10 bits per heavy atom. The average molecular weight is 291 g/mol. The Bertz CT molecular complexity index is 498. The van der Waals surface area contributed by atoms with E-state index in [1.807, 2.05) is 12.1 Å². The highest BCUT2D eigenvalue weighted by atomic mass is 16.4. The van der Waals surface area contributed by atoms with Gasteiger partial charge in [0.25, 0.3) is 0 Å². The topological polar surface area (TPSA) is 86.6 Å². The molecule has 0 aliphatic heterocycles. The van der Waals surface area contributed by atoms with E-state index in [-0.39, 0.29) is 12.5 Å². The normalized spacial score (nSPS) is 21.8. The SMILES string of the molecule is O=C(O)C1CCCCC1C(=O)Nc1ccc(CCO)cc1. The Hall–Kier alpha value is -1.88. The van der Waals surface area contributed by atoms with Gasteiger partial charge in [-0.15, -0.1) is 0 Å². The molecule has 2 unspecified atom stereocenters. The van der Waals surface area contributed by atoms with Crippen LogP contribution in [0.25, 0.3) is 0 Å². The van der Waals surface area contributed by atoms with Gasteiger partial charge in [-0.25, -0.2) is 0 Å². The lowest BCUT2D eigenvalue weighted by molar-refractivity contribution is -0.147. The number of hydrogen-bond donors (Lipinski definition) is 3. The predicted molar refractivity (Wildman–Crippen MR) is 78.9 cm³/mol. The molecule has 2 atom stereocenters. The standard InChI is InChI=1S/C16H21NO4/c18-10-9-11-5-7-12(8-6-11)17-15(19)13-3-1-2-4-14(13)16(20)21/h5-8,13-14,18H,1-4,9-10H2,(H,17,19)(H,20,21). The predicted octanol–water partition coefficient (Wildman–Crippen LogP) is 2.05. The minimum absolute atomic E-state index is 0.0913. The van der Waals surface area contributed by atoms with Gasteiger partial charge in [0.1, 0.15) is 0 Å². The van der Waals surface area contributed by atoms with Crippen LogP contribution in [-0.4, -0.2) is 28.7 Å². The molecular weight excluding hydrogens is 270 g/mol. The van der Waals surface area contributed by atoms with Crippen molar-refractivity contribution in [3.63, 3.8) is 0 Å². The summed E-state index contributed by atoms with van der Waals surface area (Å²) in [4.78, 5) is 23.5. The number of aliphatic hydroxyl groups excluding tert-OH is 1. The number of amides is 1. The van der Waals surface area contributed by atoms with Crippen molar-refractivity contribution < 1.29 is 19.8 Å². The molecule has 3 N–H and O–H groups in total. The van der Waals surface area contributed by atoms with E-state index in [9.17, 15) is 14.7 Å². The van der Waals surface area contributed by atoms with Crippen molar-refractivity contribution in [2.75, 3.05) is 11.9 Å². The molecule has 5 nitrogen and oxygen atoms in total. The van der Waals surface area contributed by atoms with Gasteiger partial charge in [-0.2, -0.15) is 0 Å². The number of carboxylic acids is 1. The molecule has 5 heteroatoms. The summed E-state index contributed by atoms with van der Waals surface area (Å²) >= 11 is 0. The molecule has 0 heterocycles. The third kappa shape index (κ3) is 4.04. The first-order chi connectivity index (χ1) is 10.1. The first-order valence-corrected chi connectivity index (χ1v) is 7.35. The van der Waals surface area contributed by atoms with E-state index in [4.69, 9.17) is 5.11 Å². The number of nitrogens with one attached hydrogen (secondary N) is 1. The van der Waals surface area contributed by atoms with E-state index in [1.54, 1.807) is 12.1 Å². The molecule has 1 aliphatic carbocycles. The molecule has 21 heavy (non-hydrogen) atoms. The molecule has 0 radical (unpaired) electrons. The number of anilines is 1. The maximum atomic E-state index is 12.3. The van der Waals surface area contributed by atoms with Gasteiger partial charge >= 0.3 is 5.97 Å². The van der Waals surface area contributed by atoms with Crippen LogP contribution in [0.4, 0.5) is 5.69 Å². The minimum atomic E-state index is -0.881. The Morgan fingerprint density at radius 2 is 1.71 bits per heavy atom. The largest absolute Gasteiger partial charge is 0.481 e. The monoisotopic (exact) mass is 291 g/mol.